The van der Waals surface area contributed by atoms with Gasteiger partial charge in [-0.25, -0.2) is 0 Å². The molecule has 7 heteroatoms. The predicted molar refractivity (Wildman–Crippen MR) is 193 cm³/mol. The van der Waals surface area contributed by atoms with Crippen molar-refractivity contribution in [3.63, 3.8) is 0 Å². The van der Waals surface area contributed by atoms with E-state index in [-0.39, 0.29) is 11.2 Å². The van der Waals surface area contributed by atoms with Crippen LogP contribution in [0.5, 0.6) is 0 Å². The van der Waals surface area contributed by atoms with Crippen molar-refractivity contribution < 1.29 is 4.74 Å². The van der Waals surface area contributed by atoms with Gasteiger partial charge in [-0.05, 0) is 99.8 Å². The van der Waals surface area contributed by atoms with Crippen LogP contribution in [-0.2, 0) is 15.9 Å². The number of nitrogens with one attached hydrogen (secondary N) is 2. The standard InChI is InChI=1S/C38H60Cl2N4O/c1-3-5-19-37(33-11-15-35(39)16-12-33,21-7-9-27-43-29-23-41-24-30-43)45-38(20-6-4-2,34-13-17-36(40)18-14-34)22-8-10-28-44-31-25-42-26-32-44/h11-18,41-42H,3-10,19-32H2,1-2H3. The van der Waals surface area contributed by atoms with Crippen molar-refractivity contribution in [2.24, 2.45) is 0 Å². The van der Waals surface area contributed by atoms with Crippen LogP contribution in [0.4, 0.5) is 0 Å². The molecule has 2 fully saturated rings. The SMILES string of the molecule is CCCCC(CCCCN1CCNCC1)(OC(CCCC)(CCCCN1CCNCC1)c1ccc(Cl)cc1)c1ccc(Cl)cc1. The number of halogens is 2. The average Bonchev–Trinajstić information content (AvgIpc) is 3.08. The van der Waals surface area contributed by atoms with Gasteiger partial charge in [0.1, 0.15) is 0 Å². The van der Waals surface area contributed by atoms with Crippen molar-refractivity contribution in [2.45, 2.75) is 102 Å². The molecular formula is C38H60Cl2N4O. The molecular weight excluding hydrogens is 599 g/mol. The van der Waals surface area contributed by atoms with Crippen LogP contribution in [-0.4, -0.2) is 75.2 Å². The molecule has 2 aliphatic heterocycles. The van der Waals surface area contributed by atoms with E-state index in [4.69, 9.17) is 27.9 Å². The van der Waals surface area contributed by atoms with E-state index in [0.29, 0.717) is 0 Å². The molecule has 0 spiro atoms. The molecule has 0 saturated carbocycles. The van der Waals surface area contributed by atoms with E-state index in [2.05, 4.69) is 82.8 Å². The minimum absolute atomic E-state index is 0.379. The van der Waals surface area contributed by atoms with Crippen molar-refractivity contribution in [3.8, 4) is 0 Å². The van der Waals surface area contributed by atoms with Gasteiger partial charge in [-0.1, -0.05) is 87.0 Å². The fourth-order valence-electron chi connectivity index (χ4n) is 7.32. The van der Waals surface area contributed by atoms with E-state index in [1.807, 2.05) is 0 Å². The summed E-state index contributed by atoms with van der Waals surface area (Å²) in [6.07, 6.45) is 13.3. The van der Waals surface area contributed by atoms with Crippen LogP contribution >= 0.6 is 23.2 Å². The van der Waals surface area contributed by atoms with Gasteiger partial charge in [-0.3, -0.25) is 0 Å². The second-order valence-corrected chi connectivity index (χ2v) is 14.3. The fraction of sp³-hybridized carbons (Fsp3) is 0.684. The topological polar surface area (TPSA) is 39.8 Å². The second kappa shape index (κ2) is 19.6. The molecule has 0 aromatic heterocycles. The maximum atomic E-state index is 7.93. The summed E-state index contributed by atoms with van der Waals surface area (Å²) < 4.78 is 7.93. The van der Waals surface area contributed by atoms with Crippen LogP contribution in [0, 0.1) is 0 Å². The summed E-state index contributed by atoms with van der Waals surface area (Å²) in [6.45, 7) is 15.9. The molecule has 0 amide bonds. The Morgan fingerprint density at radius 1 is 0.556 bits per heavy atom. The third-order valence-corrected chi connectivity index (χ3v) is 10.5. The third kappa shape index (κ3) is 11.5. The van der Waals surface area contributed by atoms with E-state index in [1.54, 1.807) is 0 Å². The minimum atomic E-state index is -0.379. The van der Waals surface area contributed by atoms with Crippen molar-refractivity contribution in [1.29, 1.82) is 0 Å². The largest absolute Gasteiger partial charge is 0.359 e. The van der Waals surface area contributed by atoms with Crippen LogP contribution in [0.2, 0.25) is 10.0 Å². The molecule has 2 aromatic carbocycles. The van der Waals surface area contributed by atoms with Crippen molar-refractivity contribution >= 4 is 23.2 Å². The molecule has 5 nitrogen and oxygen atoms in total. The Hall–Kier alpha value is -1.18. The third-order valence-electron chi connectivity index (χ3n) is 10.0. The normalized spacial score (nSPS) is 19.3. The molecule has 0 aliphatic carbocycles. The average molecular weight is 660 g/mol. The van der Waals surface area contributed by atoms with Gasteiger partial charge in [0.15, 0.2) is 0 Å². The number of hydrogen-bond acceptors (Lipinski definition) is 5. The Morgan fingerprint density at radius 2 is 0.911 bits per heavy atom. The van der Waals surface area contributed by atoms with Gasteiger partial charge in [0.2, 0.25) is 0 Å². The molecule has 0 bridgehead atoms. The second-order valence-electron chi connectivity index (χ2n) is 13.4. The summed E-state index contributed by atoms with van der Waals surface area (Å²) in [5.74, 6) is 0. The van der Waals surface area contributed by atoms with Crippen LogP contribution in [0.25, 0.3) is 0 Å². The summed E-state index contributed by atoms with van der Waals surface area (Å²) in [4.78, 5) is 5.23. The summed E-state index contributed by atoms with van der Waals surface area (Å²) >= 11 is 12.9. The number of rotatable bonds is 20. The Morgan fingerprint density at radius 3 is 1.27 bits per heavy atom. The van der Waals surface area contributed by atoms with Crippen LogP contribution < -0.4 is 10.6 Å². The highest BCUT2D eigenvalue weighted by atomic mass is 35.5. The molecule has 2 aromatic rings. The van der Waals surface area contributed by atoms with Gasteiger partial charge >= 0.3 is 0 Å². The number of piperazine rings is 2. The molecule has 2 unspecified atom stereocenters. The van der Waals surface area contributed by atoms with Crippen LogP contribution in [0.1, 0.15) is 102 Å². The zero-order chi connectivity index (χ0) is 31.8. The zero-order valence-electron chi connectivity index (χ0n) is 28.2. The van der Waals surface area contributed by atoms with Gasteiger partial charge in [-0.2, -0.15) is 0 Å². The molecule has 252 valence electrons. The number of nitrogens with zero attached hydrogens (tertiary/aromatic N) is 2. The van der Waals surface area contributed by atoms with E-state index >= 15 is 0 Å². The maximum Gasteiger partial charge on any atom is 0.0943 e. The lowest BCUT2D eigenvalue weighted by molar-refractivity contribution is -0.187. The lowest BCUT2D eigenvalue weighted by Crippen LogP contribution is -2.44. The highest BCUT2D eigenvalue weighted by Crippen LogP contribution is 2.48. The summed E-state index contributed by atoms with van der Waals surface area (Å²) in [6, 6.07) is 17.2. The zero-order valence-corrected chi connectivity index (χ0v) is 29.7. The summed E-state index contributed by atoms with van der Waals surface area (Å²) in [5.41, 5.74) is 1.79. The van der Waals surface area contributed by atoms with Crippen molar-refractivity contribution in [1.82, 2.24) is 20.4 Å². The van der Waals surface area contributed by atoms with E-state index < -0.39 is 0 Å². The van der Waals surface area contributed by atoms with E-state index in [1.165, 1.54) is 24.0 Å². The number of unbranched alkanes of at least 4 members (excludes halogenated alkanes) is 4. The van der Waals surface area contributed by atoms with Gasteiger partial charge in [-0.15, -0.1) is 0 Å². The first-order valence-electron chi connectivity index (χ1n) is 18.1. The first-order chi connectivity index (χ1) is 22.0. The Balaban J connectivity index is 1.65. The molecule has 45 heavy (non-hydrogen) atoms. The number of benzene rings is 2. The quantitative estimate of drug-likeness (QED) is 0.139. The van der Waals surface area contributed by atoms with Gasteiger partial charge in [0.25, 0.3) is 0 Å². The van der Waals surface area contributed by atoms with Gasteiger partial charge in [0.05, 0.1) is 11.2 Å². The van der Waals surface area contributed by atoms with Crippen LogP contribution in [0.15, 0.2) is 48.5 Å². The fourth-order valence-corrected chi connectivity index (χ4v) is 7.57. The highest BCUT2D eigenvalue weighted by molar-refractivity contribution is 6.30. The van der Waals surface area contributed by atoms with E-state index in [9.17, 15) is 0 Å². The molecule has 2 N–H and O–H groups in total. The monoisotopic (exact) mass is 658 g/mol. The minimum Gasteiger partial charge on any atom is -0.359 e. The Bertz CT molecular complexity index is 987. The molecule has 0 radical (unpaired) electrons. The Labute approximate surface area is 284 Å². The Kier molecular flexibility index (Phi) is 16.0. The van der Waals surface area contributed by atoms with Gasteiger partial charge in [0, 0.05) is 62.4 Å². The van der Waals surface area contributed by atoms with Gasteiger partial charge < -0.3 is 25.2 Å². The van der Waals surface area contributed by atoms with Crippen LogP contribution in [0.3, 0.4) is 0 Å². The smallest absolute Gasteiger partial charge is 0.0943 e. The molecule has 2 atom stereocenters. The lowest BCUT2D eigenvalue weighted by atomic mass is 9.79. The predicted octanol–water partition coefficient (Wildman–Crippen LogP) is 8.63. The number of hydrogen-bond donors (Lipinski definition) is 2. The first-order valence-corrected chi connectivity index (χ1v) is 18.8. The number of ether oxygens (including phenoxy) is 1. The lowest BCUT2D eigenvalue weighted by Gasteiger charge is -2.46. The highest BCUT2D eigenvalue weighted by Gasteiger charge is 2.43. The molecule has 2 saturated heterocycles. The van der Waals surface area contributed by atoms with E-state index in [0.717, 1.165) is 140 Å². The molecule has 4 rings (SSSR count). The summed E-state index contributed by atoms with van der Waals surface area (Å²) in [7, 11) is 0. The molecule has 2 aliphatic rings. The van der Waals surface area contributed by atoms with Crippen molar-refractivity contribution in [3.05, 3.63) is 69.7 Å². The first kappa shape index (κ1) is 36.7. The van der Waals surface area contributed by atoms with Crippen molar-refractivity contribution in [2.75, 3.05) is 65.4 Å². The molecule has 2 heterocycles. The maximum absolute atomic E-state index is 7.93. The summed E-state index contributed by atoms with van der Waals surface area (Å²) in [5, 5.41) is 8.55.